The summed E-state index contributed by atoms with van der Waals surface area (Å²) >= 11 is 1.32. The van der Waals surface area contributed by atoms with Crippen molar-refractivity contribution in [2.75, 3.05) is 0 Å². The topological polar surface area (TPSA) is 115 Å². The second-order valence-corrected chi connectivity index (χ2v) is 5.84. The average Bonchev–Trinajstić information content (AvgIpc) is 3.30. The van der Waals surface area contributed by atoms with Crippen molar-refractivity contribution in [2.45, 2.75) is 6.54 Å². The number of rotatable bonds is 4. The van der Waals surface area contributed by atoms with Gasteiger partial charge in [-0.25, -0.2) is 4.98 Å². The molecule has 0 bridgehead atoms. The van der Waals surface area contributed by atoms with Crippen molar-refractivity contribution in [3.05, 3.63) is 64.1 Å². The molecule has 9 nitrogen and oxygen atoms in total. The molecule has 0 aliphatic rings. The highest BCUT2D eigenvalue weighted by molar-refractivity contribution is 7.15. The summed E-state index contributed by atoms with van der Waals surface area (Å²) in [5.41, 5.74) is 0.276. The van der Waals surface area contributed by atoms with Crippen molar-refractivity contribution in [2.24, 2.45) is 0 Å². The zero-order chi connectivity index (χ0) is 17.2. The Labute approximate surface area is 144 Å². The van der Waals surface area contributed by atoms with Gasteiger partial charge >= 0.3 is 0 Å². The second kappa shape index (κ2) is 6.24. The molecule has 4 heterocycles. The van der Waals surface area contributed by atoms with Crippen LogP contribution in [0.3, 0.4) is 0 Å². The van der Waals surface area contributed by atoms with Crippen molar-refractivity contribution in [1.82, 2.24) is 29.8 Å². The number of pyridine rings is 1. The van der Waals surface area contributed by atoms with Gasteiger partial charge in [0.15, 0.2) is 4.96 Å². The molecule has 0 aliphatic carbocycles. The first-order valence-corrected chi connectivity index (χ1v) is 8.06. The molecule has 1 N–H and O–H groups in total. The minimum Gasteiger partial charge on any atom is -0.343 e. The molecule has 124 valence electrons. The van der Waals surface area contributed by atoms with Gasteiger partial charge in [0.05, 0.1) is 6.54 Å². The van der Waals surface area contributed by atoms with Crippen molar-refractivity contribution in [3.63, 3.8) is 0 Å². The second-order valence-electron chi connectivity index (χ2n) is 4.96. The molecule has 0 spiro atoms. The van der Waals surface area contributed by atoms with Gasteiger partial charge in [-0.2, -0.15) is 4.98 Å². The maximum Gasteiger partial charge on any atom is 0.271 e. The summed E-state index contributed by atoms with van der Waals surface area (Å²) in [4.78, 5) is 37.2. The Morgan fingerprint density at radius 1 is 1.32 bits per heavy atom. The van der Waals surface area contributed by atoms with Crippen LogP contribution in [0.1, 0.15) is 16.2 Å². The van der Waals surface area contributed by atoms with E-state index >= 15 is 0 Å². The molecule has 4 aromatic rings. The third-order valence-electron chi connectivity index (χ3n) is 3.39. The first-order chi connectivity index (χ1) is 12.2. The van der Waals surface area contributed by atoms with Gasteiger partial charge in [0, 0.05) is 35.7 Å². The van der Waals surface area contributed by atoms with Gasteiger partial charge in [-0.05, 0) is 12.1 Å². The van der Waals surface area contributed by atoms with Crippen LogP contribution in [0.2, 0.25) is 0 Å². The SMILES string of the molecule is O=C(NCc1nc(-c2ccncc2)no1)c1cnc2sccn2c1=O. The minimum absolute atomic E-state index is 0.00268. The summed E-state index contributed by atoms with van der Waals surface area (Å²) in [5.74, 6) is 0.0691. The Bertz CT molecular complexity index is 1100. The molecule has 1 amide bonds. The Balaban J connectivity index is 1.49. The van der Waals surface area contributed by atoms with Gasteiger partial charge in [-0.15, -0.1) is 11.3 Å². The molecule has 0 aliphatic heterocycles. The van der Waals surface area contributed by atoms with Crippen LogP contribution >= 0.6 is 11.3 Å². The van der Waals surface area contributed by atoms with Crippen molar-refractivity contribution < 1.29 is 9.32 Å². The largest absolute Gasteiger partial charge is 0.343 e. The van der Waals surface area contributed by atoms with Crippen molar-refractivity contribution >= 4 is 22.2 Å². The number of nitrogens with one attached hydrogen (secondary N) is 1. The number of amides is 1. The molecule has 4 rings (SSSR count). The van der Waals surface area contributed by atoms with Crippen LogP contribution in [-0.4, -0.2) is 30.4 Å². The van der Waals surface area contributed by atoms with Crippen molar-refractivity contribution in [3.8, 4) is 11.4 Å². The summed E-state index contributed by atoms with van der Waals surface area (Å²) < 4.78 is 6.43. The summed E-state index contributed by atoms with van der Waals surface area (Å²) in [7, 11) is 0. The molecule has 0 aromatic carbocycles. The zero-order valence-corrected chi connectivity index (χ0v) is 13.4. The standard InChI is InChI=1S/C15H10N6O3S/c22-13(10-7-18-15-21(14(10)23)5-6-25-15)17-8-11-19-12(20-24-11)9-1-3-16-4-2-9/h1-7H,8H2,(H,17,22). The van der Waals surface area contributed by atoms with Crippen LogP contribution in [0.5, 0.6) is 0 Å². The predicted molar refractivity (Wildman–Crippen MR) is 88.0 cm³/mol. The van der Waals surface area contributed by atoms with E-state index in [1.165, 1.54) is 21.9 Å². The summed E-state index contributed by atoms with van der Waals surface area (Å²) in [5, 5.41) is 8.15. The molecule has 0 saturated heterocycles. The quantitative estimate of drug-likeness (QED) is 0.584. The minimum atomic E-state index is -0.554. The number of hydrogen-bond acceptors (Lipinski definition) is 8. The van der Waals surface area contributed by atoms with Crippen LogP contribution < -0.4 is 10.9 Å². The highest BCUT2D eigenvalue weighted by atomic mass is 32.1. The van der Waals surface area contributed by atoms with E-state index in [1.54, 1.807) is 36.1 Å². The van der Waals surface area contributed by atoms with Crippen molar-refractivity contribution in [1.29, 1.82) is 0 Å². The smallest absolute Gasteiger partial charge is 0.271 e. The molecule has 25 heavy (non-hydrogen) atoms. The van der Waals surface area contributed by atoms with Gasteiger partial charge in [-0.1, -0.05) is 5.16 Å². The van der Waals surface area contributed by atoms with Gasteiger partial charge in [0.25, 0.3) is 11.5 Å². The molecule has 4 aromatic heterocycles. The fourth-order valence-electron chi connectivity index (χ4n) is 2.18. The van der Waals surface area contributed by atoms with E-state index < -0.39 is 11.5 Å². The molecule has 0 saturated carbocycles. The number of carbonyl (C=O) groups excluding carboxylic acids is 1. The number of hydrogen-bond donors (Lipinski definition) is 1. The average molecular weight is 354 g/mol. The van der Waals surface area contributed by atoms with Gasteiger partial charge < -0.3 is 9.84 Å². The summed E-state index contributed by atoms with van der Waals surface area (Å²) in [6, 6.07) is 3.49. The zero-order valence-electron chi connectivity index (χ0n) is 12.6. The van der Waals surface area contributed by atoms with Crippen LogP contribution in [0.15, 0.2) is 51.6 Å². The van der Waals surface area contributed by atoms with Gasteiger partial charge in [-0.3, -0.25) is 19.0 Å². The predicted octanol–water partition coefficient (Wildman–Crippen LogP) is 1.13. The highest BCUT2D eigenvalue weighted by Crippen LogP contribution is 2.13. The van der Waals surface area contributed by atoms with Gasteiger partial charge in [0.2, 0.25) is 11.7 Å². The lowest BCUT2D eigenvalue weighted by Gasteiger charge is -2.01. The molecular formula is C15H10N6O3S. The fourth-order valence-corrected chi connectivity index (χ4v) is 2.85. The van der Waals surface area contributed by atoms with E-state index in [4.69, 9.17) is 4.52 Å². The van der Waals surface area contributed by atoms with E-state index in [0.29, 0.717) is 10.8 Å². The molecular weight excluding hydrogens is 344 g/mol. The number of aromatic nitrogens is 5. The summed E-state index contributed by atoms with van der Waals surface area (Å²) in [6.07, 6.45) is 6.08. The number of carbonyl (C=O) groups is 1. The highest BCUT2D eigenvalue weighted by Gasteiger charge is 2.15. The number of fused-ring (bicyclic) bond motifs is 1. The fraction of sp³-hybridized carbons (Fsp3) is 0.0667. The third-order valence-corrected chi connectivity index (χ3v) is 4.16. The van der Waals surface area contributed by atoms with E-state index in [9.17, 15) is 9.59 Å². The van der Waals surface area contributed by atoms with Crippen LogP contribution in [-0.2, 0) is 6.54 Å². The van der Waals surface area contributed by atoms with Gasteiger partial charge in [0.1, 0.15) is 5.56 Å². The van der Waals surface area contributed by atoms with Crippen LogP contribution in [0.4, 0.5) is 0 Å². The third kappa shape index (κ3) is 2.90. The number of nitrogens with zero attached hydrogens (tertiary/aromatic N) is 5. The Morgan fingerprint density at radius 3 is 3.00 bits per heavy atom. The van der Waals surface area contributed by atoms with E-state index in [0.717, 1.165) is 5.56 Å². The lowest BCUT2D eigenvalue weighted by atomic mass is 10.2. The number of thiazole rings is 1. The molecule has 0 unspecified atom stereocenters. The van der Waals surface area contributed by atoms with E-state index in [2.05, 4.69) is 25.4 Å². The molecule has 0 atom stereocenters. The van der Waals surface area contributed by atoms with Crippen LogP contribution in [0.25, 0.3) is 16.3 Å². The lowest BCUT2D eigenvalue weighted by molar-refractivity contribution is 0.0944. The Morgan fingerprint density at radius 2 is 2.16 bits per heavy atom. The molecule has 10 heteroatoms. The summed E-state index contributed by atoms with van der Waals surface area (Å²) in [6.45, 7) is 0.00268. The monoisotopic (exact) mass is 354 g/mol. The molecule has 0 radical (unpaired) electrons. The Hall–Kier alpha value is -3.40. The Kier molecular flexibility index (Phi) is 3.78. The molecule has 0 fully saturated rings. The van der Waals surface area contributed by atoms with E-state index in [-0.39, 0.29) is 18.0 Å². The first kappa shape index (κ1) is 15.1. The maximum atomic E-state index is 12.2. The van der Waals surface area contributed by atoms with E-state index in [1.807, 2.05) is 0 Å². The lowest BCUT2D eigenvalue weighted by Crippen LogP contribution is -2.30. The normalized spacial score (nSPS) is 10.9. The maximum absolute atomic E-state index is 12.2. The van der Waals surface area contributed by atoms with Crippen LogP contribution in [0, 0.1) is 0 Å². The first-order valence-electron chi connectivity index (χ1n) is 7.18.